The van der Waals surface area contributed by atoms with Crippen molar-refractivity contribution in [1.82, 2.24) is 0 Å². The fourth-order valence-corrected chi connectivity index (χ4v) is 3.21. The maximum absolute atomic E-state index is 12.5. The first-order valence-electron chi connectivity index (χ1n) is 10.4. The largest absolute Gasteiger partial charge is 0.508 e. The molecule has 35 heavy (non-hydrogen) atoms. The quantitative estimate of drug-likeness (QED) is 0.240. The zero-order valence-electron chi connectivity index (χ0n) is 18.7. The number of fused-ring (bicyclic) bond motifs is 1. The van der Waals surface area contributed by atoms with Gasteiger partial charge < -0.3 is 45.6 Å². The highest BCUT2D eigenvalue weighted by atomic mass is 19.1. The minimum atomic E-state index is -1.37. The van der Waals surface area contributed by atoms with Crippen LogP contribution in [-0.2, 0) is 6.42 Å². The van der Waals surface area contributed by atoms with E-state index in [4.69, 9.17) is 20.1 Å². The molecule has 1 atom stereocenters. The highest BCUT2D eigenvalue weighted by molar-refractivity contribution is 5.88. The van der Waals surface area contributed by atoms with Gasteiger partial charge in [-0.05, 0) is 42.7 Å². The molecular weight excluding hydrogens is 467 g/mol. The molecule has 0 saturated carbocycles. The minimum absolute atomic E-state index is 0.0279. The van der Waals surface area contributed by atoms with E-state index in [0.29, 0.717) is 35.8 Å². The summed E-state index contributed by atoms with van der Waals surface area (Å²) in [5.74, 6) is -5.48. The molecule has 1 unspecified atom stereocenters. The molecule has 0 radical (unpaired) electrons. The maximum atomic E-state index is 12.5. The van der Waals surface area contributed by atoms with Crippen LogP contribution < -0.4 is 4.74 Å². The van der Waals surface area contributed by atoms with E-state index in [0.717, 1.165) is 6.07 Å². The SMILES string of the molecule is CC.O=C(O)c1cc(O)c(O)c(F)c1.Oc1cc(O)c2c(c1)OC(c1cc(O)c(O)c(O)c1)CC2. The number of hydrogen-bond donors (Lipinski definition) is 8. The number of aromatic carboxylic acids is 1. The number of carboxylic acid groups (broad SMARTS) is 1. The molecule has 1 aliphatic heterocycles. The molecule has 0 bridgehead atoms. The second-order valence-corrected chi connectivity index (χ2v) is 7.13. The van der Waals surface area contributed by atoms with Crippen molar-refractivity contribution in [3.8, 4) is 46.0 Å². The van der Waals surface area contributed by atoms with Crippen LogP contribution in [0.2, 0.25) is 0 Å². The molecule has 3 aromatic carbocycles. The molecule has 0 aliphatic carbocycles. The van der Waals surface area contributed by atoms with Crippen LogP contribution in [0.3, 0.4) is 0 Å². The number of aromatic hydroxyl groups is 7. The Morgan fingerprint density at radius 2 is 1.40 bits per heavy atom. The van der Waals surface area contributed by atoms with E-state index in [-0.39, 0.29) is 11.5 Å². The minimum Gasteiger partial charge on any atom is -0.508 e. The number of carbonyl (C=O) groups is 1. The first-order chi connectivity index (χ1) is 16.5. The van der Waals surface area contributed by atoms with Gasteiger partial charge in [-0.25, -0.2) is 9.18 Å². The van der Waals surface area contributed by atoms with E-state index in [1.807, 2.05) is 13.8 Å². The molecule has 3 aromatic rings. The van der Waals surface area contributed by atoms with Gasteiger partial charge in [0, 0.05) is 17.7 Å². The predicted molar refractivity (Wildman–Crippen MR) is 121 cm³/mol. The average Bonchev–Trinajstić information content (AvgIpc) is 2.81. The molecule has 10 nitrogen and oxygen atoms in total. The van der Waals surface area contributed by atoms with Crippen LogP contribution in [0.25, 0.3) is 0 Å². The smallest absolute Gasteiger partial charge is 0.335 e. The summed E-state index contributed by atoms with van der Waals surface area (Å²) in [6.45, 7) is 4.00. The number of rotatable bonds is 2. The lowest BCUT2D eigenvalue weighted by atomic mass is 9.96. The second kappa shape index (κ2) is 11.1. The molecule has 1 heterocycles. The van der Waals surface area contributed by atoms with E-state index >= 15 is 0 Å². The van der Waals surface area contributed by atoms with E-state index in [1.54, 1.807) is 0 Å². The van der Waals surface area contributed by atoms with Gasteiger partial charge in [0.2, 0.25) is 0 Å². The fraction of sp³-hybridized carbons (Fsp3) is 0.208. The lowest BCUT2D eigenvalue weighted by Crippen LogP contribution is -2.15. The molecule has 1 aliphatic rings. The summed E-state index contributed by atoms with van der Waals surface area (Å²) in [6, 6.07) is 6.67. The molecule has 0 aromatic heterocycles. The molecule has 0 spiro atoms. The molecule has 0 saturated heterocycles. The van der Waals surface area contributed by atoms with Crippen LogP contribution in [0, 0.1) is 5.82 Å². The van der Waals surface area contributed by atoms with Gasteiger partial charge >= 0.3 is 5.97 Å². The normalized spacial score (nSPS) is 13.7. The van der Waals surface area contributed by atoms with Gasteiger partial charge in [-0.15, -0.1) is 0 Å². The summed E-state index contributed by atoms with van der Waals surface area (Å²) in [7, 11) is 0. The van der Waals surface area contributed by atoms with Crippen LogP contribution >= 0.6 is 0 Å². The van der Waals surface area contributed by atoms with Gasteiger partial charge in [-0.2, -0.15) is 0 Å². The topological polar surface area (TPSA) is 188 Å². The number of benzene rings is 3. The summed E-state index contributed by atoms with van der Waals surface area (Å²) in [4.78, 5) is 10.3. The van der Waals surface area contributed by atoms with Gasteiger partial charge in [0.1, 0.15) is 23.4 Å². The van der Waals surface area contributed by atoms with Gasteiger partial charge in [0.25, 0.3) is 0 Å². The average molecular weight is 492 g/mol. The second-order valence-electron chi connectivity index (χ2n) is 7.13. The summed E-state index contributed by atoms with van der Waals surface area (Å²) in [5, 5.41) is 73.6. The Balaban J connectivity index is 0.000000263. The van der Waals surface area contributed by atoms with Crippen LogP contribution in [0.15, 0.2) is 36.4 Å². The van der Waals surface area contributed by atoms with Crippen molar-refractivity contribution in [2.24, 2.45) is 0 Å². The van der Waals surface area contributed by atoms with Crippen molar-refractivity contribution in [3.05, 3.63) is 58.9 Å². The standard InChI is InChI=1S/C15H14O6.C7H5FO4.C2H6/c16-8-5-10(17)9-1-2-13(21-14(9)6-8)7-3-11(18)15(20)12(19)4-7;8-4-1-3(7(11)12)2-5(9)6(4)10;1-2/h3-6,13,16-20H,1-2H2;1-2,9-10H,(H,11,12);1-2H3. The third-order valence-electron chi connectivity index (χ3n) is 4.85. The zero-order valence-corrected chi connectivity index (χ0v) is 18.7. The Morgan fingerprint density at radius 1 is 0.829 bits per heavy atom. The Bertz CT molecular complexity index is 1180. The van der Waals surface area contributed by atoms with E-state index in [9.17, 15) is 34.7 Å². The lowest BCUT2D eigenvalue weighted by Gasteiger charge is -2.27. The number of hydrogen-bond acceptors (Lipinski definition) is 9. The van der Waals surface area contributed by atoms with Crippen molar-refractivity contribution >= 4 is 5.97 Å². The molecular formula is C24H25FO10. The Hall–Kier alpha value is -4.54. The zero-order chi connectivity index (χ0) is 26.4. The number of phenols is 7. The highest BCUT2D eigenvalue weighted by Gasteiger charge is 2.26. The van der Waals surface area contributed by atoms with Crippen molar-refractivity contribution in [1.29, 1.82) is 0 Å². The van der Waals surface area contributed by atoms with Crippen molar-refractivity contribution in [3.63, 3.8) is 0 Å². The Labute approximate surface area is 199 Å². The molecule has 0 amide bonds. The summed E-state index contributed by atoms with van der Waals surface area (Å²) < 4.78 is 18.2. The van der Waals surface area contributed by atoms with Crippen molar-refractivity contribution in [2.45, 2.75) is 32.8 Å². The van der Waals surface area contributed by atoms with E-state index in [2.05, 4.69) is 0 Å². The molecule has 8 N–H and O–H groups in total. The monoisotopic (exact) mass is 492 g/mol. The van der Waals surface area contributed by atoms with Crippen LogP contribution in [0.1, 0.15) is 47.9 Å². The number of phenolic OH excluding ortho intramolecular Hbond substituents is 7. The van der Waals surface area contributed by atoms with Crippen molar-refractivity contribution in [2.75, 3.05) is 0 Å². The van der Waals surface area contributed by atoms with Crippen LogP contribution in [0.5, 0.6) is 46.0 Å². The number of carboxylic acids is 1. The van der Waals surface area contributed by atoms with Gasteiger partial charge in [0.15, 0.2) is 34.6 Å². The Kier molecular flexibility index (Phi) is 8.44. The molecule has 4 rings (SSSR count). The summed E-state index contributed by atoms with van der Waals surface area (Å²) in [5.41, 5.74) is 0.690. The molecule has 0 fully saturated rings. The third kappa shape index (κ3) is 6.08. The summed E-state index contributed by atoms with van der Waals surface area (Å²) in [6.07, 6.45) is 0.583. The first-order valence-corrected chi connectivity index (χ1v) is 10.4. The predicted octanol–water partition coefficient (Wildman–Crippen LogP) is 4.24. The number of ether oxygens (including phenoxy) is 1. The van der Waals surface area contributed by atoms with Crippen molar-refractivity contribution < 1.29 is 54.8 Å². The maximum Gasteiger partial charge on any atom is 0.335 e. The third-order valence-corrected chi connectivity index (χ3v) is 4.85. The Morgan fingerprint density at radius 3 is 1.94 bits per heavy atom. The van der Waals surface area contributed by atoms with Crippen LogP contribution in [-0.4, -0.2) is 46.8 Å². The van der Waals surface area contributed by atoms with Gasteiger partial charge in [-0.1, -0.05) is 13.8 Å². The highest BCUT2D eigenvalue weighted by Crippen LogP contribution is 2.44. The van der Waals surface area contributed by atoms with Gasteiger partial charge in [-0.3, -0.25) is 0 Å². The van der Waals surface area contributed by atoms with E-state index in [1.165, 1.54) is 24.3 Å². The van der Waals surface area contributed by atoms with Crippen LogP contribution in [0.4, 0.5) is 4.39 Å². The molecule has 188 valence electrons. The van der Waals surface area contributed by atoms with Gasteiger partial charge in [0.05, 0.1) is 5.56 Å². The molecule has 11 heteroatoms. The number of halogens is 1. The lowest BCUT2D eigenvalue weighted by molar-refractivity contribution is 0.0695. The van der Waals surface area contributed by atoms with E-state index < -0.39 is 52.2 Å². The first kappa shape index (κ1) is 26.7. The fourth-order valence-electron chi connectivity index (χ4n) is 3.21. The summed E-state index contributed by atoms with van der Waals surface area (Å²) >= 11 is 0.